The molecule has 0 aliphatic carbocycles. The van der Waals surface area contributed by atoms with Gasteiger partial charge in [0.25, 0.3) is 0 Å². The SMILES string of the molecule is CCOc1ccc(/C=C2\CN(Cc3ccccc3)CCC2=O)cc1[N+](=O)[O-]. The number of piperidine rings is 1. The highest BCUT2D eigenvalue weighted by molar-refractivity contribution is 6.00. The molecule has 0 radical (unpaired) electrons. The first kappa shape index (κ1) is 18.8. The molecule has 1 fully saturated rings. The molecule has 2 aromatic rings. The van der Waals surface area contributed by atoms with Gasteiger partial charge in [0.05, 0.1) is 11.5 Å². The first-order chi connectivity index (χ1) is 13.1. The summed E-state index contributed by atoms with van der Waals surface area (Å²) in [6.07, 6.45) is 2.21. The van der Waals surface area contributed by atoms with E-state index >= 15 is 0 Å². The van der Waals surface area contributed by atoms with E-state index in [0.717, 1.165) is 6.54 Å². The molecule has 0 spiro atoms. The normalized spacial score (nSPS) is 16.5. The smallest absolute Gasteiger partial charge is 0.311 e. The summed E-state index contributed by atoms with van der Waals surface area (Å²) in [6, 6.07) is 14.9. The zero-order valence-electron chi connectivity index (χ0n) is 15.3. The van der Waals surface area contributed by atoms with Crippen molar-refractivity contribution in [2.24, 2.45) is 0 Å². The van der Waals surface area contributed by atoms with Crippen molar-refractivity contribution in [2.45, 2.75) is 19.9 Å². The molecule has 27 heavy (non-hydrogen) atoms. The number of hydrogen-bond acceptors (Lipinski definition) is 5. The predicted octanol–water partition coefficient (Wildman–Crippen LogP) is 3.85. The predicted molar refractivity (Wildman–Crippen MR) is 104 cm³/mol. The van der Waals surface area contributed by atoms with Gasteiger partial charge in [-0.1, -0.05) is 36.4 Å². The van der Waals surface area contributed by atoms with E-state index < -0.39 is 4.92 Å². The lowest BCUT2D eigenvalue weighted by Crippen LogP contribution is -2.35. The van der Waals surface area contributed by atoms with Crippen LogP contribution in [0.15, 0.2) is 54.1 Å². The first-order valence-corrected chi connectivity index (χ1v) is 8.98. The highest BCUT2D eigenvalue weighted by atomic mass is 16.6. The van der Waals surface area contributed by atoms with Gasteiger partial charge in [-0.2, -0.15) is 0 Å². The monoisotopic (exact) mass is 366 g/mol. The van der Waals surface area contributed by atoms with E-state index in [2.05, 4.69) is 17.0 Å². The highest BCUT2D eigenvalue weighted by Crippen LogP contribution is 2.29. The van der Waals surface area contributed by atoms with Gasteiger partial charge in [0.15, 0.2) is 11.5 Å². The summed E-state index contributed by atoms with van der Waals surface area (Å²) >= 11 is 0. The Labute approximate surface area is 158 Å². The number of rotatable bonds is 6. The molecule has 0 unspecified atom stereocenters. The van der Waals surface area contributed by atoms with E-state index in [-0.39, 0.29) is 17.2 Å². The molecule has 140 valence electrons. The number of ketones is 1. The van der Waals surface area contributed by atoms with Crippen molar-refractivity contribution < 1.29 is 14.5 Å². The Morgan fingerprint density at radius 3 is 2.70 bits per heavy atom. The minimum Gasteiger partial charge on any atom is -0.487 e. The number of carbonyl (C=O) groups excluding carboxylic acids is 1. The molecule has 6 heteroatoms. The van der Waals surface area contributed by atoms with E-state index in [9.17, 15) is 14.9 Å². The van der Waals surface area contributed by atoms with Gasteiger partial charge in [-0.15, -0.1) is 0 Å². The second kappa shape index (κ2) is 8.60. The van der Waals surface area contributed by atoms with Crippen LogP contribution in [0.25, 0.3) is 6.08 Å². The molecule has 1 aliphatic rings. The number of nitrogens with zero attached hydrogens (tertiary/aromatic N) is 2. The van der Waals surface area contributed by atoms with E-state index in [1.807, 2.05) is 18.2 Å². The number of likely N-dealkylation sites (tertiary alicyclic amines) is 1. The summed E-state index contributed by atoms with van der Waals surface area (Å²) in [5, 5.41) is 11.3. The van der Waals surface area contributed by atoms with Crippen LogP contribution in [0.5, 0.6) is 5.75 Å². The number of ether oxygens (including phenoxy) is 1. The van der Waals surface area contributed by atoms with Crippen molar-refractivity contribution in [1.82, 2.24) is 4.90 Å². The first-order valence-electron chi connectivity index (χ1n) is 8.98. The third-order valence-electron chi connectivity index (χ3n) is 4.48. The quantitative estimate of drug-likeness (QED) is 0.441. The van der Waals surface area contributed by atoms with Crippen LogP contribution in [0.3, 0.4) is 0 Å². The lowest BCUT2D eigenvalue weighted by atomic mass is 9.99. The van der Waals surface area contributed by atoms with Gasteiger partial charge in [0.1, 0.15) is 0 Å². The van der Waals surface area contributed by atoms with Gasteiger partial charge < -0.3 is 4.74 Å². The van der Waals surface area contributed by atoms with Crippen LogP contribution in [-0.2, 0) is 11.3 Å². The standard InChI is InChI=1S/C21H22N2O4/c1-2-27-21-9-8-17(13-19(21)23(25)26)12-18-15-22(11-10-20(18)24)14-16-6-4-3-5-7-16/h3-9,12-13H,2,10-11,14-15H2,1H3/b18-12+. The molecule has 0 N–H and O–H groups in total. The van der Waals surface area contributed by atoms with Gasteiger partial charge in [-0.3, -0.25) is 19.8 Å². The number of Topliss-reactive ketones (excluding diaryl/α,β-unsaturated/α-hetero) is 1. The fourth-order valence-corrected chi connectivity index (χ4v) is 3.18. The fraction of sp³-hybridized carbons (Fsp3) is 0.286. The average Bonchev–Trinajstić information content (AvgIpc) is 2.66. The number of nitro benzene ring substituents is 1. The molecule has 0 saturated carbocycles. The topological polar surface area (TPSA) is 72.7 Å². The minimum absolute atomic E-state index is 0.0874. The Kier molecular flexibility index (Phi) is 5.98. The van der Waals surface area contributed by atoms with Crippen molar-refractivity contribution in [3.8, 4) is 5.75 Å². The maximum Gasteiger partial charge on any atom is 0.311 e. The molecule has 0 amide bonds. The second-order valence-corrected chi connectivity index (χ2v) is 6.46. The molecule has 1 aliphatic heterocycles. The Bertz CT molecular complexity index is 862. The summed E-state index contributed by atoms with van der Waals surface area (Å²) < 4.78 is 5.31. The third kappa shape index (κ3) is 4.80. The molecular formula is C21H22N2O4. The number of benzene rings is 2. The fourth-order valence-electron chi connectivity index (χ4n) is 3.18. The summed E-state index contributed by atoms with van der Waals surface area (Å²) in [5.74, 6) is 0.334. The van der Waals surface area contributed by atoms with Crippen LogP contribution in [0, 0.1) is 10.1 Å². The van der Waals surface area contributed by atoms with Crippen molar-refractivity contribution in [3.63, 3.8) is 0 Å². The number of hydrogen-bond donors (Lipinski definition) is 0. The summed E-state index contributed by atoms with van der Waals surface area (Å²) in [4.78, 5) is 25.4. The molecule has 1 heterocycles. The van der Waals surface area contributed by atoms with Crippen molar-refractivity contribution >= 4 is 17.5 Å². The summed E-state index contributed by atoms with van der Waals surface area (Å²) in [6.45, 7) is 4.16. The Balaban J connectivity index is 1.81. The van der Waals surface area contributed by atoms with Crippen LogP contribution < -0.4 is 4.74 Å². The molecular weight excluding hydrogens is 344 g/mol. The minimum atomic E-state index is -0.461. The summed E-state index contributed by atoms with van der Waals surface area (Å²) in [5.41, 5.74) is 2.42. The maximum absolute atomic E-state index is 12.3. The van der Waals surface area contributed by atoms with Crippen molar-refractivity contribution in [1.29, 1.82) is 0 Å². The molecule has 2 aromatic carbocycles. The van der Waals surface area contributed by atoms with Crippen LogP contribution in [0.4, 0.5) is 5.69 Å². The van der Waals surface area contributed by atoms with Gasteiger partial charge >= 0.3 is 5.69 Å². The Morgan fingerprint density at radius 1 is 1.22 bits per heavy atom. The lowest BCUT2D eigenvalue weighted by molar-refractivity contribution is -0.385. The maximum atomic E-state index is 12.3. The largest absolute Gasteiger partial charge is 0.487 e. The van der Waals surface area contributed by atoms with Gasteiger partial charge in [-0.05, 0) is 30.2 Å². The van der Waals surface area contributed by atoms with Crippen molar-refractivity contribution in [2.75, 3.05) is 19.7 Å². The van der Waals surface area contributed by atoms with E-state index in [1.54, 1.807) is 25.1 Å². The van der Waals surface area contributed by atoms with E-state index in [0.29, 0.717) is 37.3 Å². The molecule has 0 bridgehead atoms. The number of nitro groups is 1. The molecule has 0 aromatic heterocycles. The molecule has 1 saturated heterocycles. The Morgan fingerprint density at radius 2 is 2.00 bits per heavy atom. The molecule has 0 atom stereocenters. The lowest BCUT2D eigenvalue weighted by Gasteiger charge is -2.27. The Hall–Kier alpha value is -2.99. The van der Waals surface area contributed by atoms with Crippen LogP contribution in [-0.4, -0.2) is 35.3 Å². The average molecular weight is 366 g/mol. The van der Waals surface area contributed by atoms with Gasteiger partial charge in [0, 0.05) is 37.7 Å². The van der Waals surface area contributed by atoms with Gasteiger partial charge in [-0.25, -0.2) is 0 Å². The summed E-state index contributed by atoms with van der Waals surface area (Å²) in [7, 11) is 0. The number of carbonyl (C=O) groups is 1. The van der Waals surface area contributed by atoms with E-state index in [4.69, 9.17) is 4.74 Å². The highest BCUT2D eigenvalue weighted by Gasteiger charge is 2.22. The van der Waals surface area contributed by atoms with Crippen LogP contribution in [0.1, 0.15) is 24.5 Å². The van der Waals surface area contributed by atoms with Gasteiger partial charge in [0.2, 0.25) is 0 Å². The molecule has 6 nitrogen and oxygen atoms in total. The zero-order chi connectivity index (χ0) is 19.2. The van der Waals surface area contributed by atoms with Crippen molar-refractivity contribution in [3.05, 3.63) is 75.3 Å². The van der Waals surface area contributed by atoms with Crippen LogP contribution >= 0.6 is 0 Å². The van der Waals surface area contributed by atoms with Crippen LogP contribution in [0.2, 0.25) is 0 Å². The third-order valence-corrected chi connectivity index (χ3v) is 4.48. The molecule has 3 rings (SSSR count). The zero-order valence-corrected chi connectivity index (χ0v) is 15.3. The van der Waals surface area contributed by atoms with E-state index in [1.165, 1.54) is 11.6 Å². The second-order valence-electron chi connectivity index (χ2n) is 6.46.